The van der Waals surface area contributed by atoms with Gasteiger partial charge in [-0.05, 0) is 48.4 Å². The Hall–Kier alpha value is -3.49. The highest BCUT2D eigenvalue weighted by Crippen LogP contribution is 2.42. The van der Waals surface area contributed by atoms with E-state index in [2.05, 4.69) is 15.9 Å². The highest BCUT2D eigenvalue weighted by Gasteiger charge is 2.44. The van der Waals surface area contributed by atoms with Crippen LogP contribution in [0.15, 0.2) is 74.3 Å². The molecule has 33 heavy (non-hydrogen) atoms. The summed E-state index contributed by atoms with van der Waals surface area (Å²) in [5.74, 6) is -0.619. The van der Waals surface area contributed by atoms with Crippen LogP contribution in [0.25, 0.3) is 11.0 Å². The van der Waals surface area contributed by atoms with Crippen molar-refractivity contribution in [3.63, 3.8) is 0 Å². The maximum atomic E-state index is 13.6. The van der Waals surface area contributed by atoms with Gasteiger partial charge in [-0.2, -0.15) is 0 Å². The summed E-state index contributed by atoms with van der Waals surface area (Å²) in [5, 5.41) is 12.2. The predicted octanol–water partition coefficient (Wildman–Crippen LogP) is 6.18. The summed E-state index contributed by atoms with van der Waals surface area (Å²) in [5.41, 5.74) is 1.56. The number of hydrogen-bond acceptors (Lipinski definition) is 5. The molecule has 1 atom stereocenters. The largest absolute Gasteiger partial charge is 0.450 e. The molecular weight excluding hydrogens is 512 g/mol. The van der Waals surface area contributed by atoms with Crippen LogP contribution in [0.5, 0.6) is 0 Å². The number of carbonyl (C=O) groups excluding carboxylic acids is 1. The molecule has 1 aliphatic rings. The number of carbonyl (C=O) groups is 1. The minimum Gasteiger partial charge on any atom is -0.450 e. The first kappa shape index (κ1) is 21.4. The van der Waals surface area contributed by atoms with E-state index in [-0.39, 0.29) is 28.0 Å². The number of hydrogen-bond donors (Lipinski definition) is 0. The Kier molecular flexibility index (Phi) is 5.07. The number of non-ortho nitro benzene ring substituents is 1. The fourth-order valence-electron chi connectivity index (χ4n) is 4.07. The Morgan fingerprint density at radius 3 is 2.61 bits per heavy atom. The third-order valence-electron chi connectivity index (χ3n) is 5.66. The minimum atomic E-state index is -0.925. The average Bonchev–Trinajstić information content (AvgIpc) is 3.09. The first-order valence-corrected chi connectivity index (χ1v) is 11.0. The zero-order valence-corrected chi connectivity index (χ0v) is 19.4. The molecule has 1 aromatic heterocycles. The van der Waals surface area contributed by atoms with Gasteiger partial charge in [-0.15, -0.1) is 0 Å². The van der Waals surface area contributed by atoms with E-state index < -0.39 is 16.9 Å². The molecule has 0 saturated carbocycles. The minimum absolute atomic E-state index is 0.0944. The number of amides is 1. The monoisotopic (exact) mass is 524 g/mol. The fraction of sp³-hybridized carbons (Fsp3) is 0.0833. The highest BCUT2D eigenvalue weighted by molar-refractivity contribution is 9.10. The van der Waals surface area contributed by atoms with Crippen molar-refractivity contribution in [2.75, 3.05) is 4.90 Å². The zero-order chi connectivity index (χ0) is 23.4. The van der Waals surface area contributed by atoms with Gasteiger partial charge in [-0.1, -0.05) is 45.7 Å². The Labute approximate surface area is 200 Å². The molecule has 9 heteroatoms. The average molecular weight is 526 g/mol. The zero-order valence-electron chi connectivity index (χ0n) is 17.0. The number of benzene rings is 3. The molecule has 0 radical (unpaired) electrons. The maximum absolute atomic E-state index is 13.6. The van der Waals surface area contributed by atoms with Crippen molar-refractivity contribution < 1.29 is 14.1 Å². The number of halogens is 2. The lowest BCUT2D eigenvalue weighted by molar-refractivity contribution is -0.384. The lowest BCUT2D eigenvalue weighted by atomic mass is 9.97. The molecule has 0 aliphatic carbocycles. The molecule has 164 valence electrons. The molecule has 1 aliphatic heterocycles. The van der Waals surface area contributed by atoms with Crippen LogP contribution in [0.3, 0.4) is 0 Å². The van der Waals surface area contributed by atoms with Crippen LogP contribution in [-0.2, 0) is 0 Å². The number of nitrogens with zero attached hydrogens (tertiary/aromatic N) is 2. The number of rotatable bonds is 3. The van der Waals surface area contributed by atoms with Crippen molar-refractivity contribution in [3.8, 4) is 0 Å². The molecule has 0 bridgehead atoms. The molecule has 0 fully saturated rings. The molecule has 1 amide bonds. The van der Waals surface area contributed by atoms with Crippen LogP contribution in [0.1, 0.15) is 33.3 Å². The second-order valence-electron chi connectivity index (χ2n) is 7.68. The van der Waals surface area contributed by atoms with Gasteiger partial charge in [0, 0.05) is 27.3 Å². The molecule has 0 N–H and O–H groups in total. The lowest BCUT2D eigenvalue weighted by Gasteiger charge is -2.25. The topological polar surface area (TPSA) is 93.7 Å². The summed E-state index contributed by atoms with van der Waals surface area (Å²) >= 11 is 9.69. The van der Waals surface area contributed by atoms with E-state index in [0.29, 0.717) is 26.1 Å². The molecule has 0 spiro atoms. The van der Waals surface area contributed by atoms with Gasteiger partial charge in [0.15, 0.2) is 5.43 Å². The number of nitro groups is 1. The fourth-order valence-corrected chi connectivity index (χ4v) is 4.60. The van der Waals surface area contributed by atoms with Crippen molar-refractivity contribution in [2.24, 2.45) is 0 Å². The van der Waals surface area contributed by atoms with Gasteiger partial charge >= 0.3 is 0 Å². The van der Waals surface area contributed by atoms with E-state index in [0.717, 1.165) is 5.56 Å². The van der Waals surface area contributed by atoms with Crippen molar-refractivity contribution in [3.05, 3.63) is 113 Å². The molecule has 7 nitrogen and oxygen atoms in total. The number of nitro benzene ring substituents is 1. The van der Waals surface area contributed by atoms with Gasteiger partial charge < -0.3 is 4.42 Å². The standard InChI is InChI=1S/C24H14BrClN2O5/c1-12-5-7-15(11-18(12)26)27-21(13-3-2-4-16(9-13)28(31)32)20-22(29)17-10-14(25)6-8-19(17)33-23(20)24(27)30/h2-11,21H,1H3. The predicted molar refractivity (Wildman–Crippen MR) is 128 cm³/mol. The van der Waals surface area contributed by atoms with Gasteiger partial charge in [0.2, 0.25) is 5.76 Å². The van der Waals surface area contributed by atoms with Crippen molar-refractivity contribution in [2.45, 2.75) is 13.0 Å². The molecular formula is C24H14BrClN2O5. The van der Waals surface area contributed by atoms with Crippen LogP contribution >= 0.6 is 27.5 Å². The smallest absolute Gasteiger partial charge is 0.295 e. The van der Waals surface area contributed by atoms with E-state index in [1.807, 2.05) is 6.92 Å². The van der Waals surface area contributed by atoms with E-state index in [9.17, 15) is 19.7 Å². The van der Waals surface area contributed by atoms with Crippen LogP contribution in [-0.4, -0.2) is 10.8 Å². The summed E-state index contributed by atoms with van der Waals surface area (Å²) in [7, 11) is 0. The lowest BCUT2D eigenvalue weighted by Crippen LogP contribution is -2.29. The van der Waals surface area contributed by atoms with Crippen molar-refractivity contribution in [1.29, 1.82) is 0 Å². The van der Waals surface area contributed by atoms with Crippen LogP contribution < -0.4 is 10.3 Å². The van der Waals surface area contributed by atoms with Crippen molar-refractivity contribution >= 4 is 55.8 Å². The van der Waals surface area contributed by atoms with Gasteiger partial charge in [-0.25, -0.2) is 0 Å². The second-order valence-corrected chi connectivity index (χ2v) is 9.00. The Bertz CT molecular complexity index is 1550. The molecule has 0 saturated heterocycles. The van der Waals surface area contributed by atoms with Gasteiger partial charge in [0.25, 0.3) is 11.6 Å². The van der Waals surface area contributed by atoms with Crippen LogP contribution in [0.4, 0.5) is 11.4 Å². The van der Waals surface area contributed by atoms with Crippen LogP contribution in [0.2, 0.25) is 5.02 Å². The van der Waals surface area contributed by atoms with E-state index in [4.69, 9.17) is 16.0 Å². The first-order chi connectivity index (χ1) is 15.8. The molecule has 1 unspecified atom stereocenters. The SMILES string of the molecule is Cc1ccc(N2C(=O)c3oc4ccc(Br)cc4c(=O)c3C2c2cccc([N+](=O)[O-])c2)cc1Cl. The summed E-state index contributed by atoms with van der Waals surface area (Å²) in [6, 6.07) is 15.0. The molecule has 2 heterocycles. The van der Waals surface area contributed by atoms with Gasteiger partial charge in [0.05, 0.1) is 21.9 Å². The second kappa shape index (κ2) is 7.83. The Morgan fingerprint density at radius 1 is 1.09 bits per heavy atom. The molecule has 4 aromatic rings. The summed E-state index contributed by atoms with van der Waals surface area (Å²) < 4.78 is 6.59. The Balaban J connectivity index is 1.83. The first-order valence-electron chi connectivity index (χ1n) is 9.86. The molecule has 3 aromatic carbocycles. The van der Waals surface area contributed by atoms with E-state index in [1.165, 1.54) is 23.1 Å². The highest BCUT2D eigenvalue weighted by atomic mass is 79.9. The maximum Gasteiger partial charge on any atom is 0.295 e. The van der Waals surface area contributed by atoms with Gasteiger partial charge in [-0.3, -0.25) is 24.6 Å². The number of anilines is 1. The summed E-state index contributed by atoms with van der Waals surface area (Å²) in [4.78, 5) is 39.5. The third kappa shape index (κ3) is 3.42. The van der Waals surface area contributed by atoms with E-state index >= 15 is 0 Å². The summed E-state index contributed by atoms with van der Waals surface area (Å²) in [6.07, 6.45) is 0. The Morgan fingerprint density at radius 2 is 1.88 bits per heavy atom. The third-order valence-corrected chi connectivity index (χ3v) is 6.56. The quantitative estimate of drug-likeness (QED) is 0.235. The normalized spacial score (nSPS) is 15.2. The number of aryl methyl sites for hydroxylation is 1. The van der Waals surface area contributed by atoms with Gasteiger partial charge in [0.1, 0.15) is 5.58 Å². The van der Waals surface area contributed by atoms with Crippen molar-refractivity contribution in [1.82, 2.24) is 0 Å². The molecule has 5 rings (SSSR count). The number of fused-ring (bicyclic) bond motifs is 2. The van der Waals surface area contributed by atoms with Crippen LogP contribution in [0, 0.1) is 17.0 Å². The summed E-state index contributed by atoms with van der Waals surface area (Å²) in [6.45, 7) is 1.83. The van der Waals surface area contributed by atoms with E-state index in [1.54, 1.807) is 42.5 Å².